The van der Waals surface area contributed by atoms with Crippen molar-refractivity contribution < 1.29 is 5.11 Å². The van der Waals surface area contributed by atoms with Crippen LogP contribution in [-0.2, 0) is 0 Å². The van der Waals surface area contributed by atoms with Gasteiger partial charge in [0.15, 0.2) is 0 Å². The minimum Gasteiger partial charge on any atom is -0.506 e. The van der Waals surface area contributed by atoms with E-state index in [2.05, 4.69) is 11.1 Å². The zero-order chi connectivity index (χ0) is 19.5. The second kappa shape index (κ2) is 7.22. The number of hydrogen-bond acceptors (Lipinski definition) is 4. The third-order valence-corrected chi connectivity index (χ3v) is 4.43. The second-order valence-corrected chi connectivity index (χ2v) is 6.21. The lowest BCUT2D eigenvalue weighted by Crippen LogP contribution is -2.20. The minimum absolute atomic E-state index is 0.0650. The average molecular weight is 365 g/mol. The first kappa shape index (κ1) is 17.3. The molecule has 2 aromatic heterocycles. The van der Waals surface area contributed by atoms with Crippen molar-refractivity contribution in [1.29, 1.82) is 5.26 Å². The van der Waals surface area contributed by atoms with Crippen LogP contribution in [0.3, 0.4) is 0 Å². The van der Waals surface area contributed by atoms with Gasteiger partial charge in [-0.15, -0.1) is 0 Å². The SMILES string of the molecule is N#Cc1ccccc1-c1cc(-c2ccc(O)cn2)cn(-c2ccccc2)c1=O. The van der Waals surface area contributed by atoms with Crippen molar-refractivity contribution in [3.8, 4) is 39.9 Å². The summed E-state index contributed by atoms with van der Waals surface area (Å²) in [5.41, 5.74) is 3.20. The number of para-hydroxylation sites is 1. The van der Waals surface area contributed by atoms with Gasteiger partial charge in [0, 0.05) is 28.6 Å². The summed E-state index contributed by atoms with van der Waals surface area (Å²) in [4.78, 5) is 17.5. The molecule has 0 bridgehead atoms. The Morgan fingerprint density at radius 2 is 1.68 bits per heavy atom. The largest absolute Gasteiger partial charge is 0.506 e. The Bertz CT molecular complexity index is 1240. The molecule has 28 heavy (non-hydrogen) atoms. The molecule has 0 radical (unpaired) electrons. The van der Waals surface area contributed by atoms with Gasteiger partial charge in [-0.25, -0.2) is 0 Å². The average Bonchev–Trinajstić information content (AvgIpc) is 2.75. The van der Waals surface area contributed by atoms with Crippen molar-refractivity contribution in [3.05, 3.63) is 101 Å². The quantitative estimate of drug-likeness (QED) is 0.592. The van der Waals surface area contributed by atoms with E-state index in [1.54, 1.807) is 53.2 Å². The number of benzene rings is 2. The number of aromatic hydroxyl groups is 1. The van der Waals surface area contributed by atoms with Gasteiger partial charge < -0.3 is 5.11 Å². The summed E-state index contributed by atoms with van der Waals surface area (Å²) < 4.78 is 1.55. The van der Waals surface area contributed by atoms with Crippen LogP contribution >= 0.6 is 0 Å². The van der Waals surface area contributed by atoms with Gasteiger partial charge in [-0.3, -0.25) is 14.3 Å². The fourth-order valence-electron chi connectivity index (χ4n) is 3.07. The molecular weight excluding hydrogens is 350 g/mol. The van der Waals surface area contributed by atoms with Crippen LogP contribution < -0.4 is 5.56 Å². The third kappa shape index (κ3) is 3.15. The van der Waals surface area contributed by atoms with Crippen LogP contribution in [0.2, 0.25) is 0 Å². The molecule has 0 amide bonds. The van der Waals surface area contributed by atoms with Crippen LogP contribution in [-0.4, -0.2) is 14.7 Å². The van der Waals surface area contributed by atoms with Gasteiger partial charge in [0.2, 0.25) is 0 Å². The van der Waals surface area contributed by atoms with E-state index in [9.17, 15) is 15.2 Å². The molecule has 0 saturated heterocycles. The predicted molar refractivity (Wildman–Crippen MR) is 107 cm³/mol. The Kier molecular flexibility index (Phi) is 4.45. The van der Waals surface area contributed by atoms with E-state index in [4.69, 9.17) is 0 Å². The molecule has 0 aliphatic heterocycles. The molecule has 2 aromatic carbocycles. The normalized spacial score (nSPS) is 10.4. The number of hydrogen-bond donors (Lipinski definition) is 1. The highest BCUT2D eigenvalue weighted by molar-refractivity contribution is 5.75. The van der Waals surface area contributed by atoms with Gasteiger partial charge >= 0.3 is 0 Å². The second-order valence-electron chi connectivity index (χ2n) is 6.21. The zero-order valence-electron chi connectivity index (χ0n) is 14.8. The van der Waals surface area contributed by atoms with Gasteiger partial charge in [-0.1, -0.05) is 36.4 Å². The number of rotatable bonds is 3. The van der Waals surface area contributed by atoms with E-state index in [1.165, 1.54) is 6.20 Å². The summed E-state index contributed by atoms with van der Waals surface area (Å²) >= 11 is 0. The maximum Gasteiger partial charge on any atom is 0.263 e. The lowest BCUT2D eigenvalue weighted by molar-refractivity contribution is 0.473. The van der Waals surface area contributed by atoms with Gasteiger partial charge in [0.05, 0.1) is 23.5 Å². The summed E-state index contributed by atoms with van der Waals surface area (Å²) in [6.45, 7) is 0. The monoisotopic (exact) mass is 365 g/mol. The molecule has 0 unspecified atom stereocenters. The van der Waals surface area contributed by atoms with Crippen molar-refractivity contribution >= 4 is 0 Å². The van der Waals surface area contributed by atoms with Crippen LogP contribution in [0.15, 0.2) is 90.0 Å². The van der Waals surface area contributed by atoms with E-state index in [-0.39, 0.29) is 11.3 Å². The summed E-state index contributed by atoms with van der Waals surface area (Å²) in [5, 5.41) is 19.0. The highest BCUT2D eigenvalue weighted by Gasteiger charge is 2.14. The van der Waals surface area contributed by atoms with E-state index in [1.807, 2.05) is 30.3 Å². The summed E-state index contributed by atoms with van der Waals surface area (Å²) in [6, 6.07) is 23.4. The van der Waals surface area contributed by atoms with Crippen LogP contribution in [0.5, 0.6) is 5.75 Å². The topological polar surface area (TPSA) is 78.9 Å². The Morgan fingerprint density at radius 3 is 2.39 bits per heavy atom. The van der Waals surface area contributed by atoms with Crippen molar-refractivity contribution in [2.24, 2.45) is 0 Å². The molecule has 0 saturated carbocycles. The molecule has 1 N–H and O–H groups in total. The molecule has 4 aromatic rings. The highest BCUT2D eigenvalue weighted by atomic mass is 16.3. The van der Waals surface area contributed by atoms with Gasteiger partial charge in [0.1, 0.15) is 5.75 Å². The standard InChI is InChI=1S/C23H15N3O2/c24-13-16-6-4-5-9-20(16)21-12-17(22-11-10-19(27)14-25-22)15-26(23(21)28)18-7-2-1-3-8-18/h1-12,14-15,27H. The van der Waals surface area contributed by atoms with Crippen LogP contribution in [0.1, 0.15) is 5.56 Å². The molecule has 0 aliphatic rings. The van der Waals surface area contributed by atoms with Crippen LogP contribution in [0.4, 0.5) is 0 Å². The molecule has 0 aliphatic carbocycles. The number of aromatic nitrogens is 2. The van der Waals surface area contributed by atoms with E-state index in [0.29, 0.717) is 33.6 Å². The van der Waals surface area contributed by atoms with Gasteiger partial charge in [0.25, 0.3) is 5.56 Å². The third-order valence-electron chi connectivity index (χ3n) is 4.43. The van der Waals surface area contributed by atoms with Crippen molar-refractivity contribution in [1.82, 2.24) is 9.55 Å². The van der Waals surface area contributed by atoms with Crippen molar-refractivity contribution in [2.75, 3.05) is 0 Å². The fraction of sp³-hybridized carbons (Fsp3) is 0. The fourth-order valence-corrected chi connectivity index (χ4v) is 3.07. The Morgan fingerprint density at radius 1 is 0.929 bits per heavy atom. The molecule has 134 valence electrons. The first-order valence-electron chi connectivity index (χ1n) is 8.64. The lowest BCUT2D eigenvalue weighted by atomic mass is 9.99. The van der Waals surface area contributed by atoms with E-state index < -0.39 is 0 Å². The number of pyridine rings is 2. The van der Waals surface area contributed by atoms with Crippen LogP contribution in [0.25, 0.3) is 28.1 Å². The van der Waals surface area contributed by atoms with Crippen molar-refractivity contribution in [3.63, 3.8) is 0 Å². The first-order chi connectivity index (χ1) is 13.7. The summed E-state index contributed by atoms with van der Waals surface area (Å²) in [6.07, 6.45) is 3.08. The summed E-state index contributed by atoms with van der Waals surface area (Å²) in [5.74, 6) is 0.0650. The van der Waals surface area contributed by atoms with Gasteiger partial charge in [-0.05, 0) is 36.4 Å². The van der Waals surface area contributed by atoms with E-state index >= 15 is 0 Å². The number of nitrogens with zero attached hydrogens (tertiary/aromatic N) is 3. The molecule has 4 rings (SSSR count). The zero-order valence-corrected chi connectivity index (χ0v) is 14.8. The Hall–Kier alpha value is -4.17. The van der Waals surface area contributed by atoms with Gasteiger partial charge in [-0.2, -0.15) is 5.26 Å². The molecule has 5 heteroatoms. The molecule has 5 nitrogen and oxygen atoms in total. The molecular formula is C23H15N3O2. The van der Waals surface area contributed by atoms with Crippen LogP contribution in [0, 0.1) is 11.3 Å². The summed E-state index contributed by atoms with van der Waals surface area (Å²) in [7, 11) is 0. The molecule has 0 atom stereocenters. The smallest absolute Gasteiger partial charge is 0.263 e. The maximum absolute atomic E-state index is 13.3. The van der Waals surface area contributed by atoms with Crippen molar-refractivity contribution in [2.45, 2.75) is 0 Å². The van der Waals surface area contributed by atoms with E-state index in [0.717, 1.165) is 0 Å². The molecule has 2 heterocycles. The Labute approximate surface area is 161 Å². The maximum atomic E-state index is 13.3. The highest BCUT2D eigenvalue weighted by Crippen LogP contribution is 2.26. The predicted octanol–water partition coefficient (Wildman–Crippen LogP) is 4.14. The number of nitriles is 1. The molecule has 0 fully saturated rings. The Balaban J connectivity index is 2.03. The molecule has 0 spiro atoms. The minimum atomic E-state index is -0.226. The first-order valence-corrected chi connectivity index (χ1v) is 8.64. The lowest BCUT2D eigenvalue weighted by Gasteiger charge is -2.13.